The molecular formula is C24H28N4O. The van der Waals surface area contributed by atoms with Crippen LogP contribution in [-0.4, -0.2) is 36.3 Å². The summed E-state index contributed by atoms with van der Waals surface area (Å²) in [6.07, 6.45) is 6.53. The number of nitrogens with one attached hydrogen (secondary N) is 1. The molecule has 1 aliphatic rings. The molecule has 0 spiro atoms. The van der Waals surface area contributed by atoms with Crippen molar-refractivity contribution in [1.82, 2.24) is 15.3 Å². The highest BCUT2D eigenvalue weighted by atomic mass is 16.5. The highest BCUT2D eigenvalue weighted by Gasteiger charge is 2.14. The van der Waals surface area contributed by atoms with Crippen molar-refractivity contribution in [2.45, 2.75) is 32.0 Å². The molecule has 2 heterocycles. The summed E-state index contributed by atoms with van der Waals surface area (Å²) in [7, 11) is 2.01. The first-order valence-electron chi connectivity index (χ1n) is 10.3. The molecule has 1 aromatic heterocycles. The Hall–Kier alpha value is -2.76. The van der Waals surface area contributed by atoms with Crippen LogP contribution in [0.2, 0.25) is 0 Å². The fourth-order valence-electron chi connectivity index (χ4n) is 3.59. The molecule has 0 aliphatic carbocycles. The Labute approximate surface area is 172 Å². The van der Waals surface area contributed by atoms with Crippen LogP contribution in [-0.2, 0) is 17.8 Å². The molecule has 1 saturated heterocycles. The average molecular weight is 389 g/mol. The molecule has 1 N–H and O–H groups in total. The smallest absolute Gasteiger partial charge is 0.225 e. The minimum atomic E-state index is 0.380. The van der Waals surface area contributed by atoms with Gasteiger partial charge in [0.1, 0.15) is 0 Å². The van der Waals surface area contributed by atoms with Crippen LogP contribution in [0, 0.1) is 0 Å². The Morgan fingerprint density at radius 2 is 1.72 bits per heavy atom. The van der Waals surface area contributed by atoms with E-state index >= 15 is 0 Å². The van der Waals surface area contributed by atoms with Gasteiger partial charge in [-0.3, -0.25) is 0 Å². The van der Waals surface area contributed by atoms with Crippen molar-refractivity contribution >= 4 is 5.95 Å². The zero-order chi connectivity index (χ0) is 19.9. The molecular weight excluding hydrogens is 360 g/mol. The van der Waals surface area contributed by atoms with Crippen LogP contribution in [0.3, 0.4) is 0 Å². The number of benzene rings is 2. The molecule has 150 valence electrons. The van der Waals surface area contributed by atoms with Crippen molar-refractivity contribution in [1.29, 1.82) is 0 Å². The molecule has 1 unspecified atom stereocenters. The average Bonchev–Trinajstić information content (AvgIpc) is 3.29. The van der Waals surface area contributed by atoms with E-state index in [9.17, 15) is 0 Å². The molecule has 2 aromatic carbocycles. The minimum absolute atomic E-state index is 0.380. The maximum absolute atomic E-state index is 5.65. The van der Waals surface area contributed by atoms with Gasteiger partial charge in [-0.15, -0.1) is 0 Å². The van der Waals surface area contributed by atoms with Gasteiger partial charge in [0.25, 0.3) is 0 Å². The van der Waals surface area contributed by atoms with E-state index in [-0.39, 0.29) is 0 Å². The summed E-state index contributed by atoms with van der Waals surface area (Å²) < 4.78 is 5.65. The molecule has 29 heavy (non-hydrogen) atoms. The van der Waals surface area contributed by atoms with Gasteiger partial charge < -0.3 is 15.0 Å². The van der Waals surface area contributed by atoms with Crippen molar-refractivity contribution in [2.75, 3.05) is 25.1 Å². The Kier molecular flexibility index (Phi) is 6.49. The van der Waals surface area contributed by atoms with Gasteiger partial charge in [-0.25, -0.2) is 9.97 Å². The molecule has 1 fully saturated rings. The van der Waals surface area contributed by atoms with Gasteiger partial charge in [0.2, 0.25) is 5.95 Å². The van der Waals surface area contributed by atoms with Gasteiger partial charge >= 0.3 is 0 Å². The molecule has 0 amide bonds. The van der Waals surface area contributed by atoms with Crippen molar-refractivity contribution < 1.29 is 4.74 Å². The third-order valence-electron chi connectivity index (χ3n) is 5.25. The van der Waals surface area contributed by atoms with Crippen LogP contribution in [0.5, 0.6) is 0 Å². The molecule has 3 aromatic rings. The third kappa shape index (κ3) is 5.40. The van der Waals surface area contributed by atoms with Crippen molar-refractivity contribution in [2.24, 2.45) is 0 Å². The van der Waals surface area contributed by atoms with Crippen molar-refractivity contribution in [3.05, 3.63) is 78.1 Å². The summed E-state index contributed by atoms with van der Waals surface area (Å²) in [6, 6.07) is 18.9. The quantitative estimate of drug-likeness (QED) is 0.631. The van der Waals surface area contributed by atoms with E-state index in [0.717, 1.165) is 43.3 Å². The maximum atomic E-state index is 5.65. The largest absolute Gasteiger partial charge is 0.377 e. The van der Waals surface area contributed by atoms with Gasteiger partial charge in [0.15, 0.2) is 0 Å². The van der Waals surface area contributed by atoms with Gasteiger partial charge in [0, 0.05) is 51.2 Å². The lowest BCUT2D eigenvalue weighted by molar-refractivity contribution is 0.110. The number of nitrogens with zero attached hydrogens (tertiary/aromatic N) is 3. The molecule has 0 saturated carbocycles. The SMILES string of the molecule is CN(Cc1ccccc1)c1ncc(-c2ccc(CNCC3CCCO3)cc2)cn1. The molecule has 0 radical (unpaired) electrons. The number of ether oxygens (including phenoxy) is 1. The van der Waals surface area contributed by atoms with Gasteiger partial charge in [0.05, 0.1) is 6.10 Å². The zero-order valence-electron chi connectivity index (χ0n) is 16.9. The molecule has 1 atom stereocenters. The topological polar surface area (TPSA) is 50.3 Å². The number of hydrogen-bond donors (Lipinski definition) is 1. The van der Waals surface area contributed by atoms with Gasteiger partial charge in [-0.1, -0.05) is 54.6 Å². The highest BCUT2D eigenvalue weighted by molar-refractivity contribution is 5.62. The second-order valence-corrected chi connectivity index (χ2v) is 7.58. The zero-order valence-corrected chi connectivity index (χ0v) is 16.9. The van der Waals surface area contributed by atoms with Crippen LogP contribution in [0.4, 0.5) is 5.95 Å². The summed E-state index contributed by atoms with van der Waals surface area (Å²) in [5, 5.41) is 3.49. The maximum Gasteiger partial charge on any atom is 0.225 e. The molecule has 1 aliphatic heterocycles. The van der Waals surface area contributed by atoms with E-state index in [1.54, 1.807) is 0 Å². The fourth-order valence-corrected chi connectivity index (χ4v) is 3.59. The van der Waals surface area contributed by atoms with Gasteiger partial charge in [-0.05, 0) is 29.5 Å². The van der Waals surface area contributed by atoms with Crippen LogP contribution in [0.15, 0.2) is 67.0 Å². The first kappa shape index (κ1) is 19.6. The predicted molar refractivity (Wildman–Crippen MR) is 117 cm³/mol. The van der Waals surface area contributed by atoms with Crippen LogP contribution in [0.1, 0.15) is 24.0 Å². The predicted octanol–water partition coefficient (Wildman–Crippen LogP) is 4.05. The Morgan fingerprint density at radius 1 is 0.966 bits per heavy atom. The van der Waals surface area contributed by atoms with E-state index in [1.165, 1.54) is 24.0 Å². The number of rotatable bonds is 8. The Balaban J connectivity index is 1.32. The summed E-state index contributed by atoms with van der Waals surface area (Å²) in [6.45, 7) is 3.48. The minimum Gasteiger partial charge on any atom is -0.377 e. The summed E-state index contributed by atoms with van der Waals surface area (Å²) in [5.74, 6) is 0.729. The van der Waals surface area contributed by atoms with E-state index in [0.29, 0.717) is 6.10 Å². The Bertz CT molecular complexity index is 875. The number of hydrogen-bond acceptors (Lipinski definition) is 5. The molecule has 4 rings (SSSR count). The summed E-state index contributed by atoms with van der Waals surface area (Å²) >= 11 is 0. The molecule has 0 bridgehead atoms. The lowest BCUT2D eigenvalue weighted by Crippen LogP contribution is -2.25. The van der Waals surface area contributed by atoms with E-state index in [4.69, 9.17) is 4.74 Å². The number of anilines is 1. The second kappa shape index (κ2) is 9.63. The number of aromatic nitrogens is 2. The summed E-state index contributed by atoms with van der Waals surface area (Å²) in [4.78, 5) is 11.2. The van der Waals surface area contributed by atoms with E-state index in [1.807, 2.05) is 25.5 Å². The Morgan fingerprint density at radius 3 is 2.41 bits per heavy atom. The normalized spacial score (nSPS) is 16.1. The molecule has 5 heteroatoms. The second-order valence-electron chi connectivity index (χ2n) is 7.58. The molecule has 5 nitrogen and oxygen atoms in total. The van der Waals surface area contributed by atoms with E-state index in [2.05, 4.69) is 68.7 Å². The lowest BCUT2D eigenvalue weighted by Gasteiger charge is -2.17. The third-order valence-corrected chi connectivity index (χ3v) is 5.25. The lowest BCUT2D eigenvalue weighted by atomic mass is 10.1. The van der Waals surface area contributed by atoms with Gasteiger partial charge in [-0.2, -0.15) is 0 Å². The monoisotopic (exact) mass is 388 g/mol. The summed E-state index contributed by atoms with van der Waals surface area (Å²) in [5.41, 5.74) is 4.67. The standard InChI is InChI=1S/C24H28N4O/c1-28(18-20-6-3-2-4-7-20)24-26-15-22(16-27-24)21-11-9-19(10-12-21)14-25-17-23-8-5-13-29-23/h2-4,6-7,9-12,15-16,23,25H,5,8,13-14,17-18H2,1H3. The van der Waals surface area contributed by atoms with Crippen LogP contribution < -0.4 is 10.2 Å². The van der Waals surface area contributed by atoms with Crippen LogP contribution in [0.25, 0.3) is 11.1 Å². The van der Waals surface area contributed by atoms with Crippen molar-refractivity contribution in [3.8, 4) is 11.1 Å². The van der Waals surface area contributed by atoms with Crippen LogP contribution >= 0.6 is 0 Å². The highest BCUT2D eigenvalue weighted by Crippen LogP contribution is 2.20. The first-order chi connectivity index (χ1) is 14.3. The van der Waals surface area contributed by atoms with Crippen molar-refractivity contribution in [3.63, 3.8) is 0 Å². The first-order valence-corrected chi connectivity index (χ1v) is 10.3. The fraction of sp³-hybridized carbons (Fsp3) is 0.333. The van der Waals surface area contributed by atoms with E-state index < -0.39 is 0 Å².